The zero-order valence-corrected chi connectivity index (χ0v) is 8.69. The summed E-state index contributed by atoms with van der Waals surface area (Å²) in [6.07, 6.45) is 0.939. The first-order valence-electron chi connectivity index (χ1n) is 3.57. The topological polar surface area (TPSA) is 0 Å². The van der Waals surface area contributed by atoms with E-state index in [1.165, 1.54) is 5.56 Å². The van der Waals surface area contributed by atoms with Crippen molar-refractivity contribution in [3.63, 3.8) is 0 Å². The predicted octanol–water partition coefficient (Wildman–Crippen LogP) is 3.62. The van der Waals surface area contributed by atoms with Crippen LogP contribution in [0.2, 0.25) is 0 Å². The lowest BCUT2D eigenvalue weighted by Gasteiger charge is -2.01. The Morgan fingerprint density at radius 1 is 1.36 bits per heavy atom. The second kappa shape index (κ2) is 4.13. The van der Waals surface area contributed by atoms with E-state index in [4.69, 9.17) is 11.6 Å². The average molecular weight is 234 g/mol. The van der Waals surface area contributed by atoms with Crippen molar-refractivity contribution in [2.75, 3.05) is 0 Å². The van der Waals surface area contributed by atoms with Gasteiger partial charge in [0.15, 0.2) is 0 Å². The molecular formula is C9H10BrCl. The molecule has 1 atom stereocenters. The summed E-state index contributed by atoms with van der Waals surface area (Å²) in [5.74, 6) is 0. The van der Waals surface area contributed by atoms with Crippen LogP contribution in [0.4, 0.5) is 0 Å². The molecule has 0 spiro atoms. The van der Waals surface area contributed by atoms with Crippen molar-refractivity contribution in [3.8, 4) is 0 Å². The van der Waals surface area contributed by atoms with Crippen molar-refractivity contribution in [1.82, 2.24) is 0 Å². The fraction of sp³-hybridized carbons (Fsp3) is 0.333. The van der Waals surface area contributed by atoms with Gasteiger partial charge in [-0.3, -0.25) is 0 Å². The summed E-state index contributed by atoms with van der Waals surface area (Å²) in [6.45, 7) is 2.00. The molecule has 0 aliphatic carbocycles. The highest BCUT2D eigenvalue weighted by atomic mass is 79.9. The van der Waals surface area contributed by atoms with Crippen LogP contribution in [0.5, 0.6) is 0 Å². The third-order valence-corrected chi connectivity index (χ3v) is 2.11. The zero-order valence-electron chi connectivity index (χ0n) is 6.35. The second-order valence-corrected chi connectivity index (χ2v) is 4.27. The molecule has 0 aliphatic heterocycles. The first kappa shape index (κ1) is 9.08. The van der Waals surface area contributed by atoms with Crippen molar-refractivity contribution >= 4 is 27.5 Å². The SMILES string of the molecule is C[C@H](Cl)Cc1ccc(Br)cc1. The molecule has 0 N–H and O–H groups in total. The number of halogens is 2. The van der Waals surface area contributed by atoms with E-state index in [9.17, 15) is 0 Å². The van der Waals surface area contributed by atoms with Gasteiger partial charge < -0.3 is 0 Å². The maximum atomic E-state index is 5.84. The Morgan fingerprint density at radius 3 is 2.36 bits per heavy atom. The van der Waals surface area contributed by atoms with Crippen LogP contribution in [0.15, 0.2) is 28.7 Å². The van der Waals surface area contributed by atoms with E-state index in [0.29, 0.717) is 0 Å². The fourth-order valence-electron chi connectivity index (χ4n) is 0.945. The smallest absolute Gasteiger partial charge is 0.0348 e. The van der Waals surface area contributed by atoms with E-state index < -0.39 is 0 Å². The summed E-state index contributed by atoms with van der Waals surface area (Å²) in [4.78, 5) is 0. The van der Waals surface area contributed by atoms with Gasteiger partial charge in [0.25, 0.3) is 0 Å². The zero-order chi connectivity index (χ0) is 8.27. The fourth-order valence-corrected chi connectivity index (χ4v) is 1.39. The summed E-state index contributed by atoms with van der Waals surface area (Å²) in [6, 6.07) is 8.25. The van der Waals surface area contributed by atoms with E-state index in [-0.39, 0.29) is 5.38 Å². The van der Waals surface area contributed by atoms with Gasteiger partial charge in [0.05, 0.1) is 0 Å². The maximum Gasteiger partial charge on any atom is 0.0348 e. The lowest BCUT2D eigenvalue weighted by atomic mass is 10.1. The van der Waals surface area contributed by atoms with Crippen LogP contribution in [0.25, 0.3) is 0 Å². The molecule has 60 valence electrons. The Labute approximate surface area is 80.7 Å². The summed E-state index contributed by atoms with van der Waals surface area (Å²) in [5.41, 5.74) is 1.29. The summed E-state index contributed by atoms with van der Waals surface area (Å²) in [5, 5.41) is 0.219. The Kier molecular flexibility index (Phi) is 3.41. The Morgan fingerprint density at radius 2 is 1.91 bits per heavy atom. The molecule has 0 nitrogen and oxygen atoms in total. The molecule has 0 heterocycles. The third kappa shape index (κ3) is 3.26. The Balaban J connectivity index is 2.66. The Bertz CT molecular complexity index is 216. The molecule has 0 unspecified atom stereocenters. The minimum absolute atomic E-state index is 0.219. The molecule has 0 amide bonds. The Hall–Kier alpha value is -0.0100. The van der Waals surface area contributed by atoms with Gasteiger partial charge in [-0.05, 0) is 31.0 Å². The highest BCUT2D eigenvalue weighted by molar-refractivity contribution is 9.10. The maximum absolute atomic E-state index is 5.84. The molecule has 0 fully saturated rings. The van der Waals surface area contributed by atoms with Gasteiger partial charge in [-0.1, -0.05) is 28.1 Å². The predicted molar refractivity (Wildman–Crippen MR) is 53.2 cm³/mol. The molecule has 0 bridgehead atoms. The number of alkyl halides is 1. The summed E-state index contributed by atoms with van der Waals surface area (Å²) >= 11 is 9.22. The number of hydrogen-bond donors (Lipinski definition) is 0. The van der Waals surface area contributed by atoms with E-state index in [1.807, 2.05) is 19.1 Å². The van der Waals surface area contributed by atoms with E-state index in [2.05, 4.69) is 28.1 Å². The lowest BCUT2D eigenvalue weighted by Crippen LogP contribution is -1.95. The van der Waals surface area contributed by atoms with Crippen LogP contribution in [-0.2, 0) is 6.42 Å². The van der Waals surface area contributed by atoms with Crippen molar-refractivity contribution in [3.05, 3.63) is 34.3 Å². The second-order valence-electron chi connectivity index (χ2n) is 2.61. The highest BCUT2D eigenvalue weighted by Gasteiger charge is 1.97. The van der Waals surface area contributed by atoms with Crippen LogP contribution in [0.3, 0.4) is 0 Å². The molecule has 0 saturated heterocycles. The highest BCUT2D eigenvalue weighted by Crippen LogP contribution is 2.13. The molecule has 1 aromatic carbocycles. The molecular weight excluding hydrogens is 223 g/mol. The number of hydrogen-bond acceptors (Lipinski definition) is 0. The monoisotopic (exact) mass is 232 g/mol. The van der Waals surface area contributed by atoms with Crippen LogP contribution in [0.1, 0.15) is 12.5 Å². The van der Waals surface area contributed by atoms with Gasteiger partial charge in [-0.2, -0.15) is 0 Å². The molecule has 2 heteroatoms. The van der Waals surface area contributed by atoms with Crippen molar-refractivity contribution in [2.45, 2.75) is 18.7 Å². The summed E-state index contributed by atoms with van der Waals surface area (Å²) < 4.78 is 1.11. The lowest BCUT2D eigenvalue weighted by molar-refractivity contribution is 0.931. The van der Waals surface area contributed by atoms with Gasteiger partial charge in [0.1, 0.15) is 0 Å². The van der Waals surface area contributed by atoms with Gasteiger partial charge in [-0.25, -0.2) is 0 Å². The summed E-state index contributed by atoms with van der Waals surface area (Å²) in [7, 11) is 0. The standard InChI is InChI=1S/C9H10BrCl/c1-7(11)6-8-2-4-9(10)5-3-8/h2-5,7H,6H2,1H3/t7-/m0/s1. The first-order valence-corrected chi connectivity index (χ1v) is 4.80. The molecule has 0 radical (unpaired) electrons. The van der Waals surface area contributed by atoms with Crippen LogP contribution in [-0.4, -0.2) is 5.38 Å². The molecule has 11 heavy (non-hydrogen) atoms. The average Bonchev–Trinajstić information content (AvgIpc) is 1.93. The third-order valence-electron chi connectivity index (χ3n) is 1.43. The normalized spacial score (nSPS) is 13.0. The van der Waals surface area contributed by atoms with Crippen molar-refractivity contribution in [2.24, 2.45) is 0 Å². The van der Waals surface area contributed by atoms with Crippen molar-refractivity contribution < 1.29 is 0 Å². The van der Waals surface area contributed by atoms with Crippen molar-refractivity contribution in [1.29, 1.82) is 0 Å². The van der Waals surface area contributed by atoms with E-state index in [0.717, 1.165) is 10.9 Å². The number of benzene rings is 1. The molecule has 0 saturated carbocycles. The molecule has 0 aromatic heterocycles. The first-order chi connectivity index (χ1) is 5.18. The molecule has 1 rings (SSSR count). The van der Waals surface area contributed by atoms with E-state index in [1.54, 1.807) is 0 Å². The quantitative estimate of drug-likeness (QED) is 0.685. The number of rotatable bonds is 2. The van der Waals surface area contributed by atoms with Crippen LogP contribution >= 0.6 is 27.5 Å². The van der Waals surface area contributed by atoms with Gasteiger partial charge in [-0.15, -0.1) is 11.6 Å². The van der Waals surface area contributed by atoms with Gasteiger partial charge in [0, 0.05) is 9.85 Å². The van der Waals surface area contributed by atoms with Crippen LogP contribution in [0, 0.1) is 0 Å². The van der Waals surface area contributed by atoms with Crippen LogP contribution < -0.4 is 0 Å². The minimum Gasteiger partial charge on any atom is -0.123 e. The minimum atomic E-state index is 0.219. The van der Waals surface area contributed by atoms with Gasteiger partial charge >= 0.3 is 0 Å². The largest absolute Gasteiger partial charge is 0.123 e. The molecule has 1 aromatic rings. The molecule has 0 aliphatic rings. The van der Waals surface area contributed by atoms with E-state index >= 15 is 0 Å². The van der Waals surface area contributed by atoms with Gasteiger partial charge in [0.2, 0.25) is 0 Å².